The molecule has 3 atom stereocenters. The van der Waals surface area contributed by atoms with Crippen LogP contribution in [0.4, 0.5) is 5.69 Å². The number of fused-ring (bicyclic) bond motifs is 2. The number of imide groups is 1. The summed E-state index contributed by atoms with van der Waals surface area (Å²) in [6.07, 6.45) is 2.43. The molecule has 168 valence electrons. The molecule has 4 aromatic rings. The number of anilines is 1. The zero-order chi connectivity index (χ0) is 23.1. The molecule has 0 N–H and O–H groups in total. The monoisotopic (exact) mass is 447 g/mol. The molecular weight excluding hydrogens is 422 g/mol. The second-order valence-electron chi connectivity index (χ2n) is 9.25. The minimum absolute atomic E-state index is 0.0651. The van der Waals surface area contributed by atoms with Crippen molar-refractivity contribution in [3.63, 3.8) is 0 Å². The van der Waals surface area contributed by atoms with Gasteiger partial charge in [0.05, 0.1) is 17.5 Å². The lowest BCUT2D eigenvalue weighted by Crippen LogP contribution is -2.30. The van der Waals surface area contributed by atoms with E-state index in [1.807, 2.05) is 60.7 Å². The highest BCUT2D eigenvalue weighted by atomic mass is 16.5. The van der Waals surface area contributed by atoms with Gasteiger partial charge >= 0.3 is 0 Å². The lowest BCUT2D eigenvalue weighted by atomic mass is 9.73. The highest BCUT2D eigenvalue weighted by molar-refractivity contribution is 6.22. The second kappa shape index (κ2) is 8.45. The molecule has 4 heteroatoms. The van der Waals surface area contributed by atoms with E-state index in [-0.39, 0.29) is 23.7 Å². The van der Waals surface area contributed by atoms with Crippen LogP contribution < -0.4 is 9.64 Å². The number of rotatable bonds is 4. The van der Waals surface area contributed by atoms with E-state index >= 15 is 0 Å². The number of hydrogen-bond acceptors (Lipinski definition) is 3. The van der Waals surface area contributed by atoms with Crippen LogP contribution in [0.15, 0.2) is 97.1 Å². The number of carbonyl (C=O) groups excluding carboxylic acids is 2. The zero-order valence-electron chi connectivity index (χ0n) is 18.8. The first kappa shape index (κ1) is 20.7. The van der Waals surface area contributed by atoms with Gasteiger partial charge in [0.15, 0.2) is 0 Å². The summed E-state index contributed by atoms with van der Waals surface area (Å²) in [5, 5.41) is 2.27. The van der Waals surface area contributed by atoms with Gasteiger partial charge in [0.2, 0.25) is 11.8 Å². The lowest BCUT2D eigenvalue weighted by molar-refractivity contribution is -0.122. The summed E-state index contributed by atoms with van der Waals surface area (Å²) >= 11 is 0. The van der Waals surface area contributed by atoms with Gasteiger partial charge in [-0.05, 0) is 77.9 Å². The van der Waals surface area contributed by atoms with E-state index in [0.29, 0.717) is 17.4 Å². The van der Waals surface area contributed by atoms with E-state index in [4.69, 9.17) is 4.74 Å². The molecule has 4 aromatic carbocycles. The van der Waals surface area contributed by atoms with Crippen LogP contribution in [0.25, 0.3) is 10.8 Å². The Morgan fingerprint density at radius 1 is 0.647 bits per heavy atom. The van der Waals surface area contributed by atoms with Gasteiger partial charge in [0.1, 0.15) is 11.5 Å². The highest BCUT2D eigenvalue weighted by Crippen LogP contribution is 2.45. The standard InChI is InChI=1S/C30H25NO3/c32-29-27-17-11-23(20-6-2-1-3-7-20)19-28(27)30(33)31(29)24-12-15-25(16-13-24)34-26-14-10-21-8-4-5-9-22(21)18-26/h1-10,12-16,18,23,27-28H,11,17,19H2. The van der Waals surface area contributed by atoms with Crippen LogP contribution in [-0.4, -0.2) is 11.8 Å². The third kappa shape index (κ3) is 3.65. The summed E-state index contributed by atoms with van der Waals surface area (Å²) < 4.78 is 6.03. The quantitative estimate of drug-likeness (QED) is 0.327. The third-order valence-electron chi connectivity index (χ3n) is 7.25. The number of benzene rings is 4. The van der Waals surface area contributed by atoms with Gasteiger partial charge in [-0.1, -0.05) is 60.7 Å². The maximum atomic E-state index is 13.3. The zero-order valence-corrected chi connectivity index (χ0v) is 18.8. The molecule has 3 unspecified atom stereocenters. The second-order valence-corrected chi connectivity index (χ2v) is 9.25. The normalized spacial score (nSPS) is 22.1. The Kier molecular flexibility index (Phi) is 5.14. The van der Waals surface area contributed by atoms with Crippen LogP contribution in [0.1, 0.15) is 30.7 Å². The molecule has 1 saturated carbocycles. The van der Waals surface area contributed by atoms with Gasteiger partial charge in [-0.25, -0.2) is 0 Å². The Labute approximate surface area is 198 Å². The Morgan fingerprint density at radius 2 is 1.32 bits per heavy atom. The predicted molar refractivity (Wildman–Crippen MR) is 133 cm³/mol. The maximum absolute atomic E-state index is 13.3. The average Bonchev–Trinajstić information content (AvgIpc) is 3.14. The van der Waals surface area contributed by atoms with E-state index in [0.717, 1.165) is 35.8 Å². The van der Waals surface area contributed by atoms with Gasteiger partial charge in [0.25, 0.3) is 0 Å². The lowest BCUT2D eigenvalue weighted by Gasteiger charge is -2.28. The van der Waals surface area contributed by atoms with Crippen molar-refractivity contribution in [3.8, 4) is 11.5 Å². The van der Waals surface area contributed by atoms with E-state index in [9.17, 15) is 9.59 Å². The fourth-order valence-electron chi connectivity index (χ4n) is 5.49. The van der Waals surface area contributed by atoms with Crippen molar-refractivity contribution in [2.45, 2.75) is 25.2 Å². The highest BCUT2D eigenvalue weighted by Gasteiger charge is 2.50. The van der Waals surface area contributed by atoms with E-state index < -0.39 is 0 Å². The first-order valence-corrected chi connectivity index (χ1v) is 11.9. The van der Waals surface area contributed by atoms with E-state index in [2.05, 4.69) is 24.3 Å². The maximum Gasteiger partial charge on any atom is 0.237 e. The fourth-order valence-corrected chi connectivity index (χ4v) is 5.49. The molecule has 2 aliphatic rings. The molecule has 4 nitrogen and oxygen atoms in total. The molecule has 0 bridgehead atoms. The molecule has 1 saturated heterocycles. The fraction of sp³-hybridized carbons (Fsp3) is 0.200. The van der Waals surface area contributed by atoms with Crippen molar-refractivity contribution in [1.29, 1.82) is 0 Å². The Balaban J connectivity index is 1.19. The summed E-state index contributed by atoms with van der Waals surface area (Å²) in [6, 6.07) is 31.7. The van der Waals surface area contributed by atoms with Crippen molar-refractivity contribution in [2.24, 2.45) is 11.8 Å². The number of nitrogens with zero attached hydrogens (tertiary/aromatic N) is 1. The molecule has 1 aliphatic carbocycles. The van der Waals surface area contributed by atoms with E-state index in [1.165, 1.54) is 10.5 Å². The summed E-state index contributed by atoms with van der Waals surface area (Å²) in [6.45, 7) is 0. The van der Waals surface area contributed by atoms with Gasteiger partial charge in [0, 0.05) is 0 Å². The molecule has 6 rings (SSSR count). The Morgan fingerprint density at radius 3 is 2.12 bits per heavy atom. The minimum Gasteiger partial charge on any atom is -0.457 e. The molecule has 2 fully saturated rings. The van der Waals surface area contributed by atoms with Crippen LogP contribution in [0.3, 0.4) is 0 Å². The molecule has 0 aromatic heterocycles. The van der Waals surface area contributed by atoms with Gasteiger partial charge in [-0.2, -0.15) is 0 Å². The van der Waals surface area contributed by atoms with Crippen LogP contribution >= 0.6 is 0 Å². The average molecular weight is 448 g/mol. The largest absolute Gasteiger partial charge is 0.457 e. The van der Waals surface area contributed by atoms with Crippen molar-refractivity contribution in [3.05, 3.63) is 103 Å². The molecule has 34 heavy (non-hydrogen) atoms. The summed E-state index contributed by atoms with van der Waals surface area (Å²) in [5.41, 5.74) is 1.88. The van der Waals surface area contributed by atoms with Crippen molar-refractivity contribution < 1.29 is 14.3 Å². The molecule has 0 radical (unpaired) electrons. The predicted octanol–water partition coefficient (Wildman–Crippen LogP) is 6.71. The number of hydrogen-bond donors (Lipinski definition) is 0. The number of carbonyl (C=O) groups is 2. The number of amides is 2. The van der Waals surface area contributed by atoms with Gasteiger partial charge < -0.3 is 4.74 Å². The Bertz CT molecular complexity index is 1360. The van der Waals surface area contributed by atoms with Gasteiger partial charge in [-0.3, -0.25) is 14.5 Å². The van der Waals surface area contributed by atoms with Crippen LogP contribution in [0.2, 0.25) is 0 Å². The molecule has 1 aliphatic heterocycles. The van der Waals surface area contributed by atoms with Crippen molar-refractivity contribution >= 4 is 28.3 Å². The smallest absolute Gasteiger partial charge is 0.237 e. The summed E-state index contributed by atoms with van der Waals surface area (Å²) in [5.74, 6) is 1.17. The Hall–Kier alpha value is -3.92. The summed E-state index contributed by atoms with van der Waals surface area (Å²) in [7, 11) is 0. The minimum atomic E-state index is -0.236. The van der Waals surface area contributed by atoms with Crippen LogP contribution in [0.5, 0.6) is 11.5 Å². The molecule has 2 amide bonds. The third-order valence-corrected chi connectivity index (χ3v) is 7.25. The SMILES string of the molecule is O=C1C2CCC(c3ccccc3)CC2C(=O)N1c1ccc(Oc2ccc3ccccc3c2)cc1. The molecule has 1 heterocycles. The first-order valence-electron chi connectivity index (χ1n) is 11.9. The topological polar surface area (TPSA) is 46.6 Å². The van der Waals surface area contributed by atoms with Crippen LogP contribution in [-0.2, 0) is 9.59 Å². The van der Waals surface area contributed by atoms with E-state index in [1.54, 1.807) is 12.1 Å². The first-order chi connectivity index (χ1) is 16.7. The van der Waals surface area contributed by atoms with Crippen molar-refractivity contribution in [1.82, 2.24) is 0 Å². The van der Waals surface area contributed by atoms with Gasteiger partial charge in [-0.15, -0.1) is 0 Å². The van der Waals surface area contributed by atoms with Crippen LogP contribution in [0, 0.1) is 11.8 Å². The molecular formula is C30H25NO3. The van der Waals surface area contributed by atoms with Crippen molar-refractivity contribution in [2.75, 3.05) is 4.90 Å². The summed E-state index contributed by atoms with van der Waals surface area (Å²) in [4.78, 5) is 27.9. The number of ether oxygens (including phenoxy) is 1. The molecule has 0 spiro atoms.